The molecule has 1 heterocycles. The van der Waals surface area contributed by atoms with Crippen molar-refractivity contribution in [3.8, 4) is 22.3 Å². The smallest absolute Gasteiger partial charge is 0.288 e. The van der Waals surface area contributed by atoms with E-state index in [1.807, 2.05) is 0 Å². The lowest BCUT2D eigenvalue weighted by atomic mass is 9.89. The Morgan fingerprint density at radius 2 is 0.935 bits per heavy atom. The van der Waals surface area contributed by atoms with E-state index in [0.29, 0.717) is 0 Å². The quantitative estimate of drug-likeness (QED) is 0.400. The van der Waals surface area contributed by atoms with Crippen LogP contribution in [0.15, 0.2) is 60.7 Å². The predicted molar refractivity (Wildman–Crippen MR) is 99.1 cm³/mol. The fraction of sp³-hybridized carbons (Fsp3) is 0.0909. The third-order valence-electron chi connectivity index (χ3n) is 4.88. The molecule has 9 heteroatoms. The van der Waals surface area contributed by atoms with E-state index in [1.54, 1.807) is 0 Å². The zero-order chi connectivity index (χ0) is 22.6. The highest BCUT2D eigenvalue weighted by atomic mass is 19.4. The highest BCUT2D eigenvalue weighted by Crippen LogP contribution is 2.40. The summed E-state index contributed by atoms with van der Waals surface area (Å²) >= 11 is 0. The number of benzene rings is 3. The van der Waals surface area contributed by atoms with Crippen LogP contribution in [0.4, 0.5) is 26.3 Å². The molecule has 1 aliphatic rings. The SMILES string of the molecule is O=C1NC(=O)c2cc(-c3cccc(C(F)(F)F)c3)c(-c3cccc(C(F)(F)F)c3)cc21. The Morgan fingerprint density at radius 1 is 0.548 bits per heavy atom. The molecular formula is C22H11F6NO2. The van der Waals surface area contributed by atoms with Gasteiger partial charge in [-0.1, -0.05) is 24.3 Å². The second-order valence-electron chi connectivity index (χ2n) is 6.88. The molecule has 0 atom stereocenters. The summed E-state index contributed by atoms with van der Waals surface area (Å²) in [5.74, 6) is -1.47. The van der Waals surface area contributed by atoms with E-state index in [4.69, 9.17) is 0 Å². The van der Waals surface area contributed by atoms with Gasteiger partial charge in [0.05, 0.1) is 22.3 Å². The number of carbonyl (C=O) groups excluding carboxylic acids is 2. The Morgan fingerprint density at radius 3 is 1.29 bits per heavy atom. The molecule has 1 N–H and O–H groups in total. The van der Waals surface area contributed by atoms with Crippen LogP contribution in [0.1, 0.15) is 31.8 Å². The van der Waals surface area contributed by atoms with Gasteiger partial charge < -0.3 is 0 Å². The van der Waals surface area contributed by atoms with Crippen molar-refractivity contribution in [1.29, 1.82) is 0 Å². The maximum absolute atomic E-state index is 13.2. The summed E-state index contributed by atoms with van der Waals surface area (Å²) in [5.41, 5.74) is -1.78. The fourth-order valence-corrected chi connectivity index (χ4v) is 3.42. The molecular weight excluding hydrogens is 424 g/mol. The molecule has 4 rings (SSSR count). The molecule has 0 radical (unpaired) electrons. The highest BCUT2D eigenvalue weighted by Gasteiger charge is 2.33. The van der Waals surface area contributed by atoms with Gasteiger partial charge in [-0.25, -0.2) is 0 Å². The molecule has 0 aliphatic carbocycles. The Labute approximate surface area is 171 Å². The zero-order valence-electron chi connectivity index (χ0n) is 15.4. The van der Waals surface area contributed by atoms with Gasteiger partial charge in [-0.05, 0) is 58.7 Å². The monoisotopic (exact) mass is 435 g/mol. The number of carbonyl (C=O) groups is 2. The first kappa shape index (κ1) is 20.6. The Balaban J connectivity index is 1.99. The van der Waals surface area contributed by atoms with E-state index in [-0.39, 0.29) is 33.4 Å². The van der Waals surface area contributed by atoms with Crippen LogP contribution < -0.4 is 5.32 Å². The second-order valence-corrected chi connectivity index (χ2v) is 6.88. The second kappa shape index (κ2) is 6.97. The third kappa shape index (κ3) is 3.78. The van der Waals surface area contributed by atoms with E-state index < -0.39 is 35.3 Å². The summed E-state index contributed by atoms with van der Waals surface area (Å²) in [6, 6.07) is 10.9. The van der Waals surface area contributed by atoms with Gasteiger partial charge in [0.25, 0.3) is 11.8 Å². The predicted octanol–water partition coefficient (Wildman–Crippen LogP) is 5.94. The van der Waals surface area contributed by atoms with Crippen molar-refractivity contribution in [1.82, 2.24) is 5.32 Å². The van der Waals surface area contributed by atoms with Gasteiger partial charge in [-0.15, -0.1) is 0 Å². The molecule has 0 saturated carbocycles. The number of hydrogen-bond acceptors (Lipinski definition) is 2. The molecule has 3 nitrogen and oxygen atoms in total. The highest BCUT2D eigenvalue weighted by molar-refractivity contribution is 6.22. The Bertz CT molecular complexity index is 1130. The summed E-state index contributed by atoms with van der Waals surface area (Å²) in [5, 5.41) is 2.07. The van der Waals surface area contributed by atoms with Crippen LogP contribution in [0.2, 0.25) is 0 Å². The first-order valence-electron chi connectivity index (χ1n) is 8.84. The molecule has 0 spiro atoms. The van der Waals surface area contributed by atoms with Crippen LogP contribution in [0.3, 0.4) is 0 Å². The molecule has 0 unspecified atom stereocenters. The van der Waals surface area contributed by atoms with Gasteiger partial charge in [-0.2, -0.15) is 26.3 Å². The Hall–Kier alpha value is -3.62. The molecule has 158 valence electrons. The van der Waals surface area contributed by atoms with Crippen molar-refractivity contribution >= 4 is 11.8 Å². The standard InChI is InChI=1S/C22H11F6NO2/c23-21(24,25)13-5-1-3-11(7-13)15-9-17-18(20(31)29-19(17)30)10-16(15)12-4-2-6-14(8-12)22(26,27)28/h1-10H,(H,29,30,31). The average Bonchev–Trinajstić information content (AvgIpc) is 2.99. The third-order valence-corrected chi connectivity index (χ3v) is 4.88. The molecule has 0 aromatic heterocycles. The van der Waals surface area contributed by atoms with Gasteiger partial charge in [0, 0.05) is 0 Å². The number of rotatable bonds is 2. The van der Waals surface area contributed by atoms with E-state index in [2.05, 4.69) is 5.32 Å². The van der Waals surface area contributed by atoms with Crippen LogP contribution in [0, 0.1) is 0 Å². The lowest BCUT2D eigenvalue weighted by Gasteiger charge is -2.15. The van der Waals surface area contributed by atoms with E-state index in [9.17, 15) is 35.9 Å². The largest absolute Gasteiger partial charge is 0.416 e. The van der Waals surface area contributed by atoms with Crippen molar-refractivity contribution in [2.45, 2.75) is 12.4 Å². The maximum Gasteiger partial charge on any atom is 0.416 e. The van der Waals surface area contributed by atoms with Crippen LogP contribution >= 0.6 is 0 Å². The zero-order valence-corrected chi connectivity index (χ0v) is 15.4. The summed E-state index contributed by atoms with van der Waals surface area (Å²) in [6.07, 6.45) is -9.28. The first-order chi connectivity index (χ1) is 14.4. The molecule has 2 amide bonds. The number of imide groups is 1. The van der Waals surface area contributed by atoms with Gasteiger partial charge in [0.2, 0.25) is 0 Å². The summed E-state index contributed by atoms with van der Waals surface area (Å²) < 4.78 is 79.1. The Kier molecular flexibility index (Phi) is 4.64. The molecule has 1 aliphatic heterocycles. The molecule has 0 saturated heterocycles. The van der Waals surface area contributed by atoms with Crippen molar-refractivity contribution in [3.63, 3.8) is 0 Å². The van der Waals surface area contributed by atoms with Gasteiger partial charge in [-0.3, -0.25) is 14.9 Å². The van der Waals surface area contributed by atoms with Crippen molar-refractivity contribution in [2.24, 2.45) is 0 Å². The van der Waals surface area contributed by atoms with Crippen molar-refractivity contribution < 1.29 is 35.9 Å². The minimum absolute atomic E-state index is 0.0391. The lowest BCUT2D eigenvalue weighted by molar-refractivity contribution is -0.138. The van der Waals surface area contributed by atoms with E-state index >= 15 is 0 Å². The van der Waals surface area contributed by atoms with Crippen molar-refractivity contribution in [2.75, 3.05) is 0 Å². The topological polar surface area (TPSA) is 46.2 Å². The van der Waals surface area contributed by atoms with Crippen LogP contribution in [-0.2, 0) is 12.4 Å². The van der Waals surface area contributed by atoms with Crippen LogP contribution in [0.25, 0.3) is 22.3 Å². The number of hydrogen-bond donors (Lipinski definition) is 1. The average molecular weight is 435 g/mol. The minimum atomic E-state index is -4.64. The van der Waals surface area contributed by atoms with Gasteiger partial charge in [0.1, 0.15) is 0 Å². The lowest BCUT2D eigenvalue weighted by Crippen LogP contribution is -2.19. The molecule has 31 heavy (non-hydrogen) atoms. The molecule has 0 bridgehead atoms. The van der Waals surface area contributed by atoms with Crippen LogP contribution in [0.5, 0.6) is 0 Å². The maximum atomic E-state index is 13.2. The number of halogens is 6. The normalized spacial score (nSPS) is 13.9. The minimum Gasteiger partial charge on any atom is -0.288 e. The van der Waals surface area contributed by atoms with E-state index in [1.165, 1.54) is 24.3 Å². The number of fused-ring (bicyclic) bond motifs is 1. The summed E-state index contributed by atoms with van der Waals surface area (Å²) in [7, 11) is 0. The summed E-state index contributed by atoms with van der Waals surface area (Å²) in [4.78, 5) is 24.1. The molecule has 0 fully saturated rings. The number of amides is 2. The van der Waals surface area contributed by atoms with Crippen LogP contribution in [-0.4, -0.2) is 11.8 Å². The molecule has 3 aromatic carbocycles. The number of alkyl halides is 6. The molecule has 3 aromatic rings. The number of nitrogens with one attached hydrogen (secondary N) is 1. The first-order valence-corrected chi connectivity index (χ1v) is 8.84. The fourth-order valence-electron chi connectivity index (χ4n) is 3.42. The van der Waals surface area contributed by atoms with Gasteiger partial charge >= 0.3 is 12.4 Å². The summed E-state index contributed by atoms with van der Waals surface area (Å²) in [6.45, 7) is 0. The van der Waals surface area contributed by atoms with E-state index in [0.717, 1.165) is 36.4 Å². The van der Waals surface area contributed by atoms with Gasteiger partial charge in [0.15, 0.2) is 0 Å². The van der Waals surface area contributed by atoms with Crippen molar-refractivity contribution in [3.05, 3.63) is 82.9 Å².